The van der Waals surface area contributed by atoms with Crippen molar-refractivity contribution in [3.8, 4) is 17.2 Å². The van der Waals surface area contributed by atoms with Crippen LogP contribution in [0.2, 0.25) is 0 Å². The molecule has 2 aromatic rings. The van der Waals surface area contributed by atoms with E-state index in [1.54, 1.807) is 43.0 Å². The molecule has 29 heavy (non-hydrogen) atoms. The molecule has 0 aliphatic carbocycles. The molecular weight excluding hydrogens is 394 g/mol. The van der Waals surface area contributed by atoms with Gasteiger partial charge in [-0.25, -0.2) is 4.79 Å². The molecule has 0 saturated carbocycles. The molecule has 2 aromatic carbocycles. The van der Waals surface area contributed by atoms with Gasteiger partial charge in [-0.15, -0.1) is 11.8 Å². The lowest BCUT2D eigenvalue weighted by Crippen LogP contribution is -2.34. The van der Waals surface area contributed by atoms with Crippen LogP contribution in [0, 0.1) is 6.92 Å². The summed E-state index contributed by atoms with van der Waals surface area (Å²) >= 11 is 1.61. The summed E-state index contributed by atoms with van der Waals surface area (Å²) in [5.74, 6) is 0.872. The second kappa shape index (κ2) is 8.75. The van der Waals surface area contributed by atoms with E-state index in [-0.39, 0.29) is 22.8 Å². The molecule has 3 rings (SSSR count). The first-order valence-corrected chi connectivity index (χ1v) is 10.00. The summed E-state index contributed by atoms with van der Waals surface area (Å²) in [5.41, 5.74) is 2.38. The van der Waals surface area contributed by atoms with E-state index >= 15 is 0 Å². The van der Waals surface area contributed by atoms with E-state index in [4.69, 9.17) is 14.2 Å². The van der Waals surface area contributed by atoms with E-state index in [1.165, 1.54) is 21.3 Å². The number of carboxylic acid groups (broad SMARTS) is 1. The summed E-state index contributed by atoms with van der Waals surface area (Å²) in [6, 6.07) is 8.15. The zero-order valence-corrected chi connectivity index (χ0v) is 17.5. The predicted octanol–water partition coefficient (Wildman–Crippen LogP) is 3.31. The average Bonchev–Trinajstić information content (AvgIpc) is 3.21. The van der Waals surface area contributed by atoms with Crippen LogP contribution in [0.25, 0.3) is 0 Å². The highest BCUT2D eigenvalue weighted by atomic mass is 32.2. The number of rotatable bonds is 7. The first kappa shape index (κ1) is 21.0. The van der Waals surface area contributed by atoms with Gasteiger partial charge in [-0.1, -0.05) is 12.1 Å². The Labute approximate surface area is 173 Å². The molecule has 0 radical (unpaired) electrons. The smallest absolute Gasteiger partial charge is 0.335 e. The highest BCUT2D eigenvalue weighted by molar-refractivity contribution is 7.99. The molecule has 1 aliphatic rings. The van der Waals surface area contributed by atoms with Gasteiger partial charge in [0.2, 0.25) is 5.75 Å². The summed E-state index contributed by atoms with van der Waals surface area (Å²) in [6.45, 7) is 1.77. The molecule has 8 heteroatoms. The van der Waals surface area contributed by atoms with Crippen LogP contribution < -0.4 is 19.5 Å². The standard InChI is InChI=1S/C21H23NO6S/c1-11-7-12(5-6-14(11)21(24)25)20-22-15(10-29-20)18(23)13-8-16(26-2)19(28-4)17(9-13)27-3/h5-9,15,20,22H,10H2,1-4H3,(H,24,25). The molecule has 0 bridgehead atoms. The highest BCUT2D eigenvalue weighted by Gasteiger charge is 2.32. The largest absolute Gasteiger partial charge is 0.493 e. The lowest BCUT2D eigenvalue weighted by Gasteiger charge is -2.16. The van der Waals surface area contributed by atoms with Gasteiger partial charge in [0, 0.05) is 11.3 Å². The number of nitrogens with one attached hydrogen (secondary N) is 1. The van der Waals surface area contributed by atoms with Gasteiger partial charge in [-0.05, 0) is 36.2 Å². The van der Waals surface area contributed by atoms with Crippen molar-refractivity contribution in [3.63, 3.8) is 0 Å². The van der Waals surface area contributed by atoms with Crippen LogP contribution >= 0.6 is 11.8 Å². The van der Waals surface area contributed by atoms with Gasteiger partial charge >= 0.3 is 5.97 Å². The maximum absolute atomic E-state index is 13.1. The van der Waals surface area contributed by atoms with Gasteiger partial charge in [0.25, 0.3) is 0 Å². The number of hydrogen-bond acceptors (Lipinski definition) is 7. The molecule has 7 nitrogen and oxygen atoms in total. The first-order chi connectivity index (χ1) is 13.9. The van der Waals surface area contributed by atoms with Crippen LogP contribution in [0.4, 0.5) is 0 Å². The first-order valence-electron chi connectivity index (χ1n) is 8.95. The van der Waals surface area contributed by atoms with Crippen molar-refractivity contribution in [1.82, 2.24) is 5.32 Å². The molecule has 2 N–H and O–H groups in total. The molecule has 1 fully saturated rings. The number of hydrogen-bond donors (Lipinski definition) is 2. The summed E-state index contributed by atoms with van der Waals surface area (Å²) in [6.07, 6.45) is 0. The maximum atomic E-state index is 13.1. The predicted molar refractivity (Wildman–Crippen MR) is 111 cm³/mol. The Balaban J connectivity index is 1.81. The van der Waals surface area contributed by atoms with Crippen LogP contribution in [0.5, 0.6) is 17.2 Å². The number of methoxy groups -OCH3 is 3. The molecule has 2 unspecified atom stereocenters. The fourth-order valence-corrected chi connectivity index (χ4v) is 4.56. The Morgan fingerprint density at radius 3 is 2.24 bits per heavy atom. The quantitative estimate of drug-likeness (QED) is 0.663. The number of thioether (sulfide) groups is 1. The molecule has 1 saturated heterocycles. The van der Waals surface area contributed by atoms with Crippen LogP contribution in [0.3, 0.4) is 0 Å². The zero-order chi connectivity index (χ0) is 21.1. The Kier molecular flexibility index (Phi) is 6.34. The summed E-state index contributed by atoms with van der Waals surface area (Å²) < 4.78 is 16.0. The van der Waals surface area contributed by atoms with Crippen molar-refractivity contribution in [2.45, 2.75) is 18.3 Å². The molecule has 2 atom stereocenters. The number of Topliss-reactive ketones (excluding diaryl/α,β-unsaturated/α-hetero) is 1. The third-order valence-electron chi connectivity index (χ3n) is 4.83. The van der Waals surface area contributed by atoms with Gasteiger partial charge in [-0.3, -0.25) is 10.1 Å². The molecule has 1 heterocycles. The SMILES string of the molecule is COc1cc(C(=O)C2CSC(c3ccc(C(=O)O)c(C)c3)N2)cc(OC)c1OC. The van der Waals surface area contributed by atoms with Crippen LogP contribution in [0.15, 0.2) is 30.3 Å². The van der Waals surface area contributed by atoms with Crippen LogP contribution in [-0.2, 0) is 0 Å². The van der Waals surface area contributed by atoms with E-state index < -0.39 is 5.97 Å². The van der Waals surface area contributed by atoms with Crippen molar-refractivity contribution < 1.29 is 28.9 Å². The third kappa shape index (κ3) is 4.18. The van der Waals surface area contributed by atoms with Crippen LogP contribution in [0.1, 0.15) is 37.2 Å². The molecule has 0 aromatic heterocycles. The number of carboxylic acids is 1. The Morgan fingerprint density at radius 2 is 1.72 bits per heavy atom. The summed E-state index contributed by atoms with van der Waals surface area (Å²) in [7, 11) is 4.53. The van der Waals surface area contributed by atoms with Crippen molar-refractivity contribution in [2.24, 2.45) is 0 Å². The van der Waals surface area contributed by atoms with Crippen molar-refractivity contribution in [2.75, 3.05) is 27.1 Å². The number of benzene rings is 2. The number of carbonyl (C=O) groups is 2. The highest BCUT2D eigenvalue weighted by Crippen LogP contribution is 2.40. The minimum Gasteiger partial charge on any atom is -0.493 e. The topological polar surface area (TPSA) is 94.1 Å². The number of aromatic carboxylic acids is 1. The lowest BCUT2D eigenvalue weighted by molar-refractivity contribution is 0.0696. The number of carbonyl (C=O) groups excluding carboxylic acids is 1. The van der Waals surface area contributed by atoms with Crippen molar-refractivity contribution >= 4 is 23.5 Å². The fraction of sp³-hybridized carbons (Fsp3) is 0.333. The Hall–Kier alpha value is -2.71. The van der Waals surface area contributed by atoms with Gasteiger partial charge in [-0.2, -0.15) is 0 Å². The average molecular weight is 417 g/mol. The maximum Gasteiger partial charge on any atom is 0.335 e. The van der Waals surface area contributed by atoms with E-state index in [0.29, 0.717) is 34.1 Å². The molecule has 0 spiro atoms. The molecule has 154 valence electrons. The number of ether oxygens (including phenoxy) is 3. The lowest BCUT2D eigenvalue weighted by atomic mass is 10.0. The second-order valence-electron chi connectivity index (χ2n) is 6.59. The molecule has 0 amide bonds. The van der Waals surface area contributed by atoms with E-state index in [0.717, 1.165) is 5.56 Å². The van der Waals surface area contributed by atoms with Crippen LogP contribution in [-0.4, -0.2) is 50.0 Å². The van der Waals surface area contributed by atoms with Gasteiger partial charge in [0.05, 0.1) is 38.3 Å². The van der Waals surface area contributed by atoms with E-state index in [1.807, 2.05) is 6.07 Å². The summed E-state index contributed by atoms with van der Waals surface area (Å²) in [5, 5.41) is 12.4. The normalized spacial score (nSPS) is 18.3. The minimum absolute atomic E-state index is 0.0712. The Bertz CT molecular complexity index is 920. The zero-order valence-electron chi connectivity index (χ0n) is 16.6. The van der Waals surface area contributed by atoms with Crippen molar-refractivity contribution in [3.05, 3.63) is 52.6 Å². The van der Waals surface area contributed by atoms with Crippen molar-refractivity contribution in [1.29, 1.82) is 0 Å². The number of aryl methyl sites for hydroxylation is 1. The van der Waals surface area contributed by atoms with Gasteiger partial charge < -0.3 is 19.3 Å². The third-order valence-corrected chi connectivity index (χ3v) is 6.10. The molecular formula is C21H23NO6S. The van der Waals surface area contributed by atoms with E-state index in [9.17, 15) is 14.7 Å². The fourth-order valence-electron chi connectivity index (χ4n) is 3.33. The monoisotopic (exact) mass is 417 g/mol. The number of ketones is 1. The summed E-state index contributed by atoms with van der Waals surface area (Å²) in [4.78, 5) is 24.3. The van der Waals surface area contributed by atoms with Gasteiger partial charge in [0.15, 0.2) is 17.3 Å². The van der Waals surface area contributed by atoms with Gasteiger partial charge in [0.1, 0.15) is 0 Å². The van der Waals surface area contributed by atoms with E-state index in [2.05, 4.69) is 5.32 Å². The Morgan fingerprint density at radius 1 is 1.07 bits per heavy atom. The second-order valence-corrected chi connectivity index (χ2v) is 7.73. The minimum atomic E-state index is -0.948. The molecule has 1 aliphatic heterocycles.